The number of nitrogens with two attached hydrogens (primary N) is 1. The van der Waals surface area contributed by atoms with Crippen molar-refractivity contribution in [3.05, 3.63) is 18.2 Å². The Labute approximate surface area is 116 Å². The Morgan fingerprint density at radius 2 is 2.20 bits per heavy atom. The van der Waals surface area contributed by atoms with Crippen molar-refractivity contribution in [1.29, 1.82) is 0 Å². The molecule has 0 amide bonds. The molecule has 1 aliphatic rings. The number of rotatable bonds is 3. The molecule has 0 aliphatic carbocycles. The van der Waals surface area contributed by atoms with Gasteiger partial charge in [0, 0.05) is 11.8 Å². The van der Waals surface area contributed by atoms with Crippen molar-refractivity contribution in [1.82, 2.24) is 4.98 Å². The van der Waals surface area contributed by atoms with Crippen molar-refractivity contribution >= 4 is 26.6 Å². The van der Waals surface area contributed by atoms with Gasteiger partial charge in [-0.3, -0.25) is 0 Å². The maximum absolute atomic E-state index is 12.3. The highest BCUT2D eigenvalue weighted by molar-refractivity contribution is 7.91. The molecular weight excluding hydrogens is 280 g/mol. The Morgan fingerprint density at radius 1 is 1.40 bits per heavy atom. The third-order valence-corrected chi connectivity index (χ3v) is 4.90. The molecule has 2 heterocycles. The van der Waals surface area contributed by atoms with Crippen molar-refractivity contribution in [2.75, 3.05) is 11.5 Å². The number of anilines is 1. The highest BCUT2D eigenvalue weighted by Gasteiger charge is 2.31. The van der Waals surface area contributed by atoms with Crippen molar-refractivity contribution in [3.8, 4) is 0 Å². The zero-order valence-electron chi connectivity index (χ0n) is 11.1. The summed E-state index contributed by atoms with van der Waals surface area (Å²) in [6.07, 6.45) is 1.45. The van der Waals surface area contributed by atoms with E-state index in [9.17, 15) is 8.42 Å². The first-order valence-electron chi connectivity index (χ1n) is 6.48. The van der Waals surface area contributed by atoms with Gasteiger partial charge in [-0.15, -0.1) is 0 Å². The first-order chi connectivity index (χ1) is 9.44. The molecule has 2 aromatic rings. The van der Waals surface area contributed by atoms with E-state index in [1.807, 2.05) is 6.92 Å². The second kappa shape index (κ2) is 4.75. The van der Waals surface area contributed by atoms with Gasteiger partial charge in [-0.2, -0.15) is 4.98 Å². The van der Waals surface area contributed by atoms with Gasteiger partial charge in [0.05, 0.1) is 18.0 Å². The van der Waals surface area contributed by atoms with Gasteiger partial charge in [0.25, 0.3) is 0 Å². The average molecular weight is 296 g/mol. The van der Waals surface area contributed by atoms with Crippen LogP contribution < -0.4 is 5.73 Å². The van der Waals surface area contributed by atoms with Crippen molar-refractivity contribution in [2.45, 2.75) is 37.2 Å². The maximum Gasteiger partial charge on any atom is 0.316 e. The van der Waals surface area contributed by atoms with E-state index in [1.165, 1.54) is 0 Å². The first-order valence-corrected chi connectivity index (χ1v) is 8.13. The highest BCUT2D eigenvalue weighted by Crippen LogP contribution is 2.25. The highest BCUT2D eigenvalue weighted by atomic mass is 32.2. The summed E-state index contributed by atoms with van der Waals surface area (Å²) in [4.78, 5) is 4.02. The van der Waals surface area contributed by atoms with Crippen LogP contribution in [0.15, 0.2) is 27.8 Å². The van der Waals surface area contributed by atoms with Crippen LogP contribution in [0.5, 0.6) is 0 Å². The van der Waals surface area contributed by atoms with Gasteiger partial charge in [0.2, 0.25) is 9.84 Å². The minimum atomic E-state index is -3.59. The van der Waals surface area contributed by atoms with E-state index in [4.69, 9.17) is 14.9 Å². The minimum Gasteiger partial charge on any atom is -0.428 e. The molecule has 2 unspecified atom stereocenters. The Bertz CT molecular complexity index is 738. The number of nitrogen functional groups attached to an aromatic ring is 1. The Kier molecular flexibility index (Phi) is 3.18. The molecule has 7 heteroatoms. The minimum absolute atomic E-state index is 0.0976. The Balaban J connectivity index is 1.88. The number of nitrogens with zero attached hydrogens (tertiary/aromatic N) is 1. The van der Waals surface area contributed by atoms with Crippen molar-refractivity contribution < 1.29 is 17.6 Å². The zero-order valence-corrected chi connectivity index (χ0v) is 11.9. The number of benzene rings is 1. The fourth-order valence-electron chi connectivity index (χ4n) is 2.38. The quantitative estimate of drug-likeness (QED) is 0.867. The average Bonchev–Trinajstić information content (AvgIpc) is 2.95. The van der Waals surface area contributed by atoms with Crippen LogP contribution in [-0.4, -0.2) is 31.4 Å². The zero-order chi connectivity index (χ0) is 14.3. The molecule has 3 rings (SSSR count). The summed E-state index contributed by atoms with van der Waals surface area (Å²) < 4.78 is 35.4. The molecule has 6 nitrogen and oxygen atoms in total. The van der Waals surface area contributed by atoms with Crippen LogP contribution in [0.2, 0.25) is 0 Å². The van der Waals surface area contributed by atoms with Crippen LogP contribution in [0, 0.1) is 0 Å². The van der Waals surface area contributed by atoms with Crippen LogP contribution in [0.25, 0.3) is 11.1 Å². The fourth-order valence-corrected chi connectivity index (χ4v) is 3.71. The number of sulfone groups is 1. The van der Waals surface area contributed by atoms with Gasteiger partial charge in [0.1, 0.15) is 5.52 Å². The molecule has 1 aromatic carbocycles. The van der Waals surface area contributed by atoms with E-state index >= 15 is 0 Å². The van der Waals surface area contributed by atoms with Crippen molar-refractivity contribution in [2.24, 2.45) is 0 Å². The number of hydrogen-bond acceptors (Lipinski definition) is 6. The van der Waals surface area contributed by atoms with E-state index in [1.54, 1.807) is 18.2 Å². The second-order valence-corrected chi connectivity index (χ2v) is 7.05. The molecule has 1 aromatic heterocycles. The summed E-state index contributed by atoms with van der Waals surface area (Å²) in [5.41, 5.74) is 7.00. The van der Waals surface area contributed by atoms with Crippen LogP contribution >= 0.6 is 0 Å². The predicted molar refractivity (Wildman–Crippen MR) is 74.0 cm³/mol. The lowest BCUT2D eigenvalue weighted by molar-refractivity contribution is 0.0688. The molecule has 108 valence electrons. The SMILES string of the molecule is CC1CCC(CS(=O)(=O)c2nc3ccc(N)cc3o2)O1. The summed E-state index contributed by atoms with van der Waals surface area (Å²) in [5, 5.41) is -0.263. The number of aromatic nitrogens is 1. The lowest BCUT2D eigenvalue weighted by Gasteiger charge is -2.09. The van der Waals surface area contributed by atoms with Crippen LogP contribution in [0.4, 0.5) is 5.69 Å². The predicted octanol–water partition coefficient (Wildman–Crippen LogP) is 1.75. The Hall–Kier alpha value is -1.60. The smallest absolute Gasteiger partial charge is 0.316 e. The van der Waals surface area contributed by atoms with Crippen LogP contribution in [-0.2, 0) is 14.6 Å². The fraction of sp³-hybridized carbons (Fsp3) is 0.462. The third kappa shape index (κ3) is 2.51. The van der Waals surface area contributed by atoms with E-state index in [0.717, 1.165) is 12.8 Å². The van der Waals surface area contributed by atoms with Gasteiger partial charge in [-0.1, -0.05) is 0 Å². The second-order valence-electron chi connectivity index (χ2n) is 5.13. The number of hydrogen-bond donors (Lipinski definition) is 1. The summed E-state index contributed by atoms with van der Waals surface area (Å²) in [5.74, 6) is -0.0976. The molecular formula is C13H16N2O4S. The van der Waals surface area contributed by atoms with Gasteiger partial charge < -0.3 is 14.9 Å². The van der Waals surface area contributed by atoms with Crippen molar-refractivity contribution in [3.63, 3.8) is 0 Å². The lowest BCUT2D eigenvalue weighted by atomic mass is 10.2. The molecule has 0 spiro atoms. The molecule has 2 atom stereocenters. The topological polar surface area (TPSA) is 95.4 Å². The van der Waals surface area contributed by atoms with Gasteiger partial charge in [0.15, 0.2) is 5.58 Å². The number of oxazole rings is 1. The maximum atomic E-state index is 12.3. The molecule has 1 saturated heterocycles. The molecule has 2 N–H and O–H groups in total. The standard InChI is InChI=1S/C13H16N2O4S/c1-8-2-4-10(18-8)7-20(16,17)13-15-11-5-3-9(14)6-12(11)19-13/h3,5-6,8,10H,2,4,7,14H2,1H3. The first kappa shape index (κ1) is 13.4. The summed E-state index contributed by atoms with van der Waals surface area (Å²) >= 11 is 0. The van der Waals surface area contributed by atoms with E-state index in [0.29, 0.717) is 16.8 Å². The van der Waals surface area contributed by atoms with Gasteiger partial charge in [-0.05, 0) is 31.9 Å². The van der Waals surface area contributed by atoms with Crippen LogP contribution in [0.3, 0.4) is 0 Å². The molecule has 1 fully saturated rings. The molecule has 0 radical (unpaired) electrons. The van der Waals surface area contributed by atoms with E-state index in [-0.39, 0.29) is 23.2 Å². The summed E-state index contributed by atoms with van der Waals surface area (Å²) in [7, 11) is -3.59. The summed E-state index contributed by atoms with van der Waals surface area (Å²) in [6, 6.07) is 4.86. The molecule has 20 heavy (non-hydrogen) atoms. The normalized spacial score (nSPS) is 23.4. The number of ether oxygens (including phenoxy) is 1. The van der Waals surface area contributed by atoms with E-state index in [2.05, 4.69) is 4.98 Å². The molecule has 1 aliphatic heterocycles. The van der Waals surface area contributed by atoms with Gasteiger partial charge in [-0.25, -0.2) is 8.42 Å². The largest absolute Gasteiger partial charge is 0.428 e. The molecule has 0 bridgehead atoms. The summed E-state index contributed by atoms with van der Waals surface area (Å²) in [6.45, 7) is 1.94. The number of fused-ring (bicyclic) bond motifs is 1. The van der Waals surface area contributed by atoms with Crippen LogP contribution in [0.1, 0.15) is 19.8 Å². The monoisotopic (exact) mass is 296 g/mol. The molecule has 0 saturated carbocycles. The third-order valence-electron chi connectivity index (χ3n) is 3.38. The van der Waals surface area contributed by atoms with E-state index < -0.39 is 9.84 Å². The Morgan fingerprint density at radius 3 is 2.90 bits per heavy atom. The van der Waals surface area contributed by atoms with Gasteiger partial charge >= 0.3 is 5.22 Å². The lowest BCUT2D eigenvalue weighted by Crippen LogP contribution is -2.21.